The zero-order valence-electron chi connectivity index (χ0n) is 27.3. The van der Waals surface area contributed by atoms with Gasteiger partial charge in [0.2, 0.25) is 0 Å². The fourth-order valence-electron chi connectivity index (χ4n) is 6.37. The van der Waals surface area contributed by atoms with Crippen molar-refractivity contribution in [2.24, 2.45) is 0 Å². The Kier molecular flexibility index (Phi) is 11.4. The van der Waals surface area contributed by atoms with Gasteiger partial charge >= 0.3 is 17.6 Å². The summed E-state index contributed by atoms with van der Waals surface area (Å²) in [5.74, 6) is -2.43. The summed E-state index contributed by atoms with van der Waals surface area (Å²) < 4.78 is 44.0. The molecule has 12 heteroatoms. The van der Waals surface area contributed by atoms with Crippen LogP contribution >= 0.6 is 0 Å². The zero-order valence-corrected chi connectivity index (χ0v) is 27.3. The number of rotatable bonds is 15. The molecule has 0 bridgehead atoms. The van der Waals surface area contributed by atoms with E-state index in [4.69, 9.17) is 33.2 Å². The first kappa shape index (κ1) is 34.9. The fourth-order valence-corrected chi connectivity index (χ4v) is 6.37. The number of hydrogen-bond donors (Lipinski definition) is 1. The molecule has 1 N–H and O–H groups in total. The third-order valence-electron chi connectivity index (χ3n) is 8.37. The third kappa shape index (κ3) is 6.76. The Balaban J connectivity index is 1.63. The van der Waals surface area contributed by atoms with Crippen LogP contribution in [0.1, 0.15) is 29.8 Å². The van der Waals surface area contributed by atoms with Gasteiger partial charge in [0.05, 0.1) is 19.8 Å². The minimum atomic E-state index is -1.83. The predicted octanol–water partition coefficient (Wildman–Crippen LogP) is 3.40. The highest BCUT2D eigenvalue weighted by molar-refractivity contribution is 5.66. The molecular weight excluding hydrogens is 620 g/mol. The van der Waals surface area contributed by atoms with Crippen LogP contribution in [-0.2, 0) is 43.4 Å². The molecule has 254 valence electrons. The normalized spacial score (nSPS) is 19.7. The molecule has 1 saturated heterocycles. The Hall–Kier alpha value is -4.43. The predicted molar refractivity (Wildman–Crippen MR) is 174 cm³/mol. The number of nitrogens with zero attached hydrogens (tertiary/aromatic N) is 1. The van der Waals surface area contributed by atoms with Gasteiger partial charge in [-0.05, 0) is 16.7 Å². The van der Waals surface area contributed by atoms with Crippen LogP contribution in [0.4, 0.5) is 0 Å². The molecule has 4 aromatic rings. The molecule has 12 nitrogen and oxygen atoms in total. The van der Waals surface area contributed by atoms with Crippen molar-refractivity contribution in [2.75, 3.05) is 41.2 Å². The maximum atomic E-state index is 12.9. The molecule has 3 aromatic carbocycles. The Morgan fingerprint density at radius 2 is 1.33 bits per heavy atom. The average molecular weight is 661 g/mol. The molecule has 0 unspecified atom stereocenters. The molecule has 0 aliphatic carbocycles. The van der Waals surface area contributed by atoms with E-state index >= 15 is 0 Å². The number of ether oxygens (including phenoxy) is 7. The maximum Gasteiger partial charge on any atom is 0.330 e. The van der Waals surface area contributed by atoms with Crippen molar-refractivity contribution in [1.82, 2.24) is 9.55 Å². The monoisotopic (exact) mass is 660 g/mol. The summed E-state index contributed by atoms with van der Waals surface area (Å²) >= 11 is 0. The third-order valence-corrected chi connectivity index (χ3v) is 8.37. The smallest absolute Gasteiger partial charge is 0.330 e. The topological polar surface area (TPSA) is 137 Å². The molecule has 1 aliphatic rings. The molecule has 4 atom stereocenters. The van der Waals surface area contributed by atoms with Gasteiger partial charge in [-0.3, -0.25) is 19.1 Å². The van der Waals surface area contributed by atoms with Crippen LogP contribution in [0, 0.1) is 0 Å². The van der Waals surface area contributed by atoms with E-state index < -0.39 is 53.1 Å². The Morgan fingerprint density at radius 1 is 0.792 bits per heavy atom. The lowest BCUT2D eigenvalue weighted by atomic mass is 9.67. The number of aromatic nitrogens is 2. The van der Waals surface area contributed by atoms with Gasteiger partial charge in [0.15, 0.2) is 12.3 Å². The zero-order chi connectivity index (χ0) is 34.1. The minimum absolute atomic E-state index is 0.101. The highest BCUT2D eigenvalue weighted by atomic mass is 16.9. The summed E-state index contributed by atoms with van der Waals surface area (Å²) in [6.45, 7) is 1.35. The quantitative estimate of drug-likeness (QED) is 0.0875. The van der Waals surface area contributed by atoms with Gasteiger partial charge in [0.25, 0.3) is 5.56 Å². The summed E-state index contributed by atoms with van der Waals surface area (Å²) in [5, 5.41) is 0. The van der Waals surface area contributed by atoms with Crippen molar-refractivity contribution in [1.29, 1.82) is 0 Å². The van der Waals surface area contributed by atoms with E-state index in [9.17, 15) is 14.4 Å². The molecule has 1 fully saturated rings. The second-order valence-electron chi connectivity index (χ2n) is 11.1. The fraction of sp³-hybridized carbons (Fsp3) is 0.361. The van der Waals surface area contributed by atoms with Gasteiger partial charge in [-0.25, -0.2) is 4.79 Å². The van der Waals surface area contributed by atoms with Crippen molar-refractivity contribution in [2.45, 2.75) is 42.9 Å². The van der Waals surface area contributed by atoms with Crippen molar-refractivity contribution < 1.29 is 38.0 Å². The van der Waals surface area contributed by atoms with E-state index in [0.717, 1.165) is 16.7 Å². The number of H-pyrrole nitrogens is 1. The summed E-state index contributed by atoms with van der Waals surface area (Å²) in [5.41, 5.74) is -0.0726. The van der Waals surface area contributed by atoms with E-state index in [-0.39, 0.29) is 19.8 Å². The van der Waals surface area contributed by atoms with Crippen LogP contribution in [0.3, 0.4) is 0 Å². The Morgan fingerprint density at radius 3 is 1.79 bits per heavy atom. The summed E-state index contributed by atoms with van der Waals surface area (Å²) in [6.07, 6.45) is -2.83. The van der Waals surface area contributed by atoms with Gasteiger partial charge in [-0.1, -0.05) is 91.0 Å². The molecule has 0 radical (unpaired) electrons. The second-order valence-corrected chi connectivity index (χ2v) is 11.1. The van der Waals surface area contributed by atoms with E-state index in [1.165, 1.54) is 45.1 Å². The number of esters is 1. The van der Waals surface area contributed by atoms with Crippen LogP contribution in [-0.4, -0.2) is 81.0 Å². The number of hydrogen-bond acceptors (Lipinski definition) is 10. The number of carbonyl (C=O) groups excluding carboxylic acids is 1. The van der Waals surface area contributed by atoms with Crippen LogP contribution in [0.15, 0.2) is 113 Å². The number of benzene rings is 3. The largest absolute Gasteiger partial charge is 0.457 e. The SMILES string of the molecule is COCCO[C@@H]1[C@H](OC(C)=O)[C@@H](COC(OC)(OC)C(c2ccccc2)(c2ccccc2)c2ccccc2)O[C@H]1n1ccc(=O)[nH]c1=O. The molecule has 1 aromatic heterocycles. The standard InChI is InChI=1S/C36H40N2O10/c1-25(39)47-31-29(48-33(32(31)45-23-22-42-2)38-21-20-30(40)37-34(38)41)24-46-36(43-3,44-4)35(26-14-8-5-9-15-26,27-16-10-6-11-17-27)28-18-12-7-13-19-28/h5-21,29,31-33H,22-24H2,1-4H3,(H,37,40,41)/t29-,31-,32-,33-/m1/s1. The lowest BCUT2D eigenvalue weighted by molar-refractivity contribution is -0.389. The summed E-state index contributed by atoms with van der Waals surface area (Å²) in [4.78, 5) is 39.5. The van der Waals surface area contributed by atoms with Gasteiger partial charge < -0.3 is 33.2 Å². The van der Waals surface area contributed by atoms with Crippen LogP contribution in [0.2, 0.25) is 0 Å². The first-order valence-electron chi connectivity index (χ1n) is 15.5. The molecular formula is C36H40N2O10. The molecule has 0 amide bonds. The van der Waals surface area contributed by atoms with Gasteiger partial charge in [0, 0.05) is 40.5 Å². The van der Waals surface area contributed by atoms with E-state index in [0.29, 0.717) is 0 Å². The van der Waals surface area contributed by atoms with E-state index in [1.54, 1.807) is 0 Å². The first-order chi connectivity index (χ1) is 23.3. The molecule has 2 heterocycles. The summed E-state index contributed by atoms with van der Waals surface area (Å²) in [7, 11) is 4.50. The number of aromatic amines is 1. The van der Waals surface area contributed by atoms with E-state index in [1.807, 2.05) is 91.0 Å². The second kappa shape index (κ2) is 15.6. The molecule has 48 heavy (non-hydrogen) atoms. The molecule has 0 spiro atoms. The molecule has 1 aliphatic heterocycles. The van der Waals surface area contributed by atoms with Crippen molar-refractivity contribution in [3.05, 3.63) is 141 Å². The minimum Gasteiger partial charge on any atom is -0.457 e. The van der Waals surface area contributed by atoms with Crippen LogP contribution in [0.5, 0.6) is 0 Å². The first-order valence-corrected chi connectivity index (χ1v) is 15.5. The summed E-state index contributed by atoms with van der Waals surface area (Å²) in [6, 6.07) is 30.4. The number of methoxy groups -OCH3 is 3. The van der Waals surface area contributed by atoms with Gasteiger partial charge in [0.1, 0.15) is 17.6 Å². The van der Waals surface area contributed by atoms with E-state index in [2.05, 4.69) is 4.98 Å². The van der Waals surface area contributed by atoms with Crippen LogP contribution < -0.4 is 11.2 Å². The Bertz CT molecular complexity index is 1630. The molecule has 5 rings (SSSR count). The lowest BCUT2D eigenvalue weighted by Crippen LogP contribution is -2.59. The number of nitrogens with one attached hydrogen (secondary N) is 1. The lowest BCUT2D eigenvalue weighted by Gasteiger charge is -2.48. The van der Waals surface area contributed by atoms with Gasteiger partial charge in [-0.2, -0.15) is 0 Å². The maximum absolute atomic E-state index is 12.9. The van der Waals surface area contributed by atoms with Gasteiger partial charge in [-0.15, -0.1) is 0 Å². The average Bonchev–Trinajstić information content (AvgIpc) is 3.43. The highest BCUT2D eigenvalue weighted by Crippen LogP contribution is 2.50. The Labute approximate surface area is 278 Å². The van der Waals surface area contributed by atoms with Crippen molar-refractivity contribution >= 4 is 5.97 Å². The highest BCUT2D eigenvalue weighted by Gasteiger charge is 2.59. The van der Waals surface area contributed by atoms with Crippen LogP contribution in [0.25, 0.3) is 0 Å². The van der Waals surface area contributed by atoms with Crippen molar-refractivity contribution in [3.8, 4) is 0 Å². The molecule has 0 saturated carbocycles. The number of carbonyl (C=O) groups is 1. The van der Waals surface area contributed by atoms with Crippen molar-refractivity contribution in [3.63, 3.8) is 0 Å².